The van der Waals surface area contributed by atoms with Crippen LogP contribution in [-0.4, -0.2) is 54.7 Å². The Morgan fingerprint density at radius 2 is 1.95 bits per heavy atom. The number of ether oxygens (including phenoxy) is 1. The average Bonchev–Trinajstić information content (AvgIpc) is 2.47. The Balaban J connectivity index is 2.08. The fourth-order valence-electron chi connectivity index (χ4n) is 2.21. The molecule has 4 nitrogen and oxygen atoms in total. The molecule has 1 aliphatic rings. The van der Waals surface area contributed by atoms with Gasteiger partial charge in [0.05, 0.1) is 7.11 Å². The number of piperazine rings is 1. The minimum absolute atomic E-state index is 0.0963. The van der Waals surface area contributed by atoms with Crippen LogP contribution in [0.15, 0.2) is 18.2 Å². The third kappa shape index (κ3) is 3.22. The molecular formula is C14H20N2O2S. The minimum atomic E-state index is 0.0963. The summed E-state index contributed by atoms with van der Waals surface area (Å²) in [5.41, 5.74) is 1.76. The highest BCUT2D eigenvalue weighted by Gasteiger charge is 2.22. The molecule has 0 saturated carbocycles. The van der Waals surface area contributed by atoms with Crippen molar-refractivity contribution in [3.63, 3.8) is 0 Å². The van der Waals surface area contributed by atoms with Gasteiger partial charge in [0.15, 0.2) is 0 Å². The maximum absolute atomic E-state index is 12.4. The van der Waals surface area contributed by atoms with Gasteiger partial charge in [-0.1, -0.05) is 18.0 Å². The third-order valence-corrected chi connectivity index (χ3v) is 4.32. The number of hydrogen-bond donors (Lipinski definition) is 0. The van der Waals surface area contributed by atoms with Crippen LogP contribution in [0.4, 0.5) is 0 Å². The average molecular weight is 280 g/mol. The highest BCUT2D eigenvalue weighted by Crippen LogP contribution is 2.21. The molecule has 0 bridgehead atoms. The Labute approximate surface area is 118 Å². The Morgan fingerprint density at radius 1 is 1.26 bits per heavy atom. The summed E-state index contributed by atoms with van der Waals surface area (Å²) in [6.07, 6.45) is 2.07. The van der Waals surface area contributed by atoms with Gasteiger partial charge in [0.25, 0.3) is 5.91 Å². The van der Waals surface area contributed by atoms with E-state index >= 15 is 0 Å². The van der Waals surface area contributed by atoms with E-state index in [2.05, 4.69) is 10.6 Å². The highest BCUT2D eigenvalue weighted by molar-refractivity contribution is 7.96. The molecule has 104 valence electrons. The van der Waals surface area contributed by atoms with Gasteiger partial charge in [-0.3, -0.25) is 4.79 Å². The molecule has 0 aliphatic carbocycles. The molecule has 1 amide bonds. The summed E-state index contributed by atoms with van der Waals surface area (Å²) in [7, 11) is 1.63. The number of carbonyl (C=O) groups excluding carboxylic acids is 1. The molecule has 0 N–H and O–H groups in total. The lowest BCUT2D eigenvalue weighted by molar-refractivity contribution is 0.0703. The molecule has 2 rings (SSSR count). The number of benzene rings is 1. The number of nitrogens with zero attached hydrogens (tertiary/aromatic N) is 2. The quantitative estimate of drug-likeness (QED) is 0.793. The zero-order chi connectivity index (χ0) is 13.8. The van der Waals surface area contributed by atoms with Crippen LogP contribution in [0.1, 0.15) is 15.9 Å². The maximum Gasteiger partial charge on any atom is 0.254 e. The molecule has 0 atom stereocenters. The first kappa shape index (κ1) is 14.2. The van der Waals surface area contributed by atoms with Crippen molar-refractivity contribution in [2.24, 2.45) is 0 Å². The molecule has 1 saturated heterocycles. The summed E-state index contributed by atoms with van der Waals surface area (Å²) < 4.78 is 7.55. The van der Waals surface area contributed by atoms with E-state index in [0.717, 1.165) is 37.5 Å². The number of carbonyl (C=O) groups is 1. The zero-order valence-corrected chi connectivity index (χ0v) is 12.5. The Morgan fingerprint density at radius 3 is 2.53 bits per heavy atom. The molecule has 1 fully saturated rings. The molecular weight excluding hydrogens is 260 g/mol. The number of aryl methyl sites for hydroxylation is 1. The van der Waals surface area contributed by atoms with Crippen molar-refractivity contribution in [2.75, 3.05) is 39.5 Å². The van der Waals surface area contributed by atoms with Crippen LogP contribution < -0.4 is 4.74 Å². The van der Waals surface area contributed by atoms with Gasteiger partial charge in [0.2, 0.25) is 0 Å². The van der Waals surface area contributed by atoms with Gasteiger partial charge in [-0.2, -0.15) is 0 Å². The normalized spacial score (nSPS) is 16.5. The number of rotatable bonds is 3. The van der Waals surface area contributed by atoms with Crippen LogP contribution in [0.5, 0.6) is 5.75 Å². The van der Waals surface area contributed by atoms with Crippen molar-refractivity contribution >= 4 is 17.9 Å². The van der Waals surface area contributed by atoms with Gasteiger partial charge in [0, 0.05) is 31.7 Å². The lowest BCUT2D eigenvalue weighted by Gasteiger charge is -2.33. The van der Waals surface area contributed by atoms with Gasteiger partial charge < -0.3 is 9.64 Å². The van der Waals surface area contributed by atoms with Crippen LogP contribution in [-0.2, 0) is 0 Å². The first-order valence-electron chi connectivity index (χ1n) is 6.38. The molecule has 1 aliphatic heterocycles. The number of methoxy groups -OCH3 is 1. The fraction of sp³-hybridized carbons (Fsp3) is 0.500. The summed E-state index contributed by atoms with van der Waals surface area (Å²) >= 11 is 1.74. The van der Waals surface area contributed by atoms with Gasteiger partial charge >= 0.3 is 0 Å². The molecule has 0 radical (unpaired) electrons. The summed E-state index contributed by atoms with van der Waals surface area (Å²) in [4.78, 5) is 14.3. The van der Waals surface area contributed by atoms with Crippen LogP contribution in [0.2, 0.25) is 0 Å². The topological polar surface area (TPSA) is 32.8 Å². The lowest BCUT2D eigenvalue weighted by Crippen LogP contribution is -2.46. The predicted molar refractivity (Wildman–Crippen MR) is 78.7 cm³/mol. The van der Waals surface area contributed by atoms with E-state index in [1.807, 2.05) is 30.0 Å². The van der Waals surface area contributed by atoms with E-state index in [0.29, 0.717) is 5.56 Å². The van der Waals surface area contributed by atoms with Gasteiger partial charge in [0.1, 0.15) is 5.75 Å². The first-order valence-corrected chi connectivity index (χ1v) is 7.57. The van der Waals surface area contributed by atoms with E-state index in [1.165, 1.54) is 0 Å². The van der Waals surface area contributed by atoms with E-state index in [9.17, 15) is 4.79 Å². The summed E-state index contributed by atoms with van der Waals surface area (Å²) in [6.45, 7) is 5.40. The SMILES string of the molecule is COc1cc(C(=O)N2CCN(SC)CC2)ccc1C. The van der Waals surface area contributed by atoms with Crippen LogP contribution in [0.25, 0.3) is 0 Å². The minimum Gasteiger partial charge on any atom is -0.496 e. The molecule has 1 aromatic rings. The lowest BCUT2D eigenvalue weighted by atomic mass is 10.1. The summed E-state index contributed by atoms with van der Waals surface area (Å²) in [6, 6.07) is 5.64. The second-order valence-electron chi connectivity index (χ2n) is 4.59. The zero-order valence-electron chi connectivity index (χ0n) is 11.7. The van der Waals surface area contributed by atoms with Crippen LogP contribution >= 0.6 is 11.9 Å². The van der Waals surface area contributed by atoms with Crippen molar-refractivity contribution in [2.45, 2.75) is 6.92 Å². The molecule has 0 spiro atoms. The van der Waals surface area contributed by atoms with Gasteiger partial charge in [-0.15, -0.1) is 0 Å². The Hall–Kier alpha value is -1.20. The number of amides is 1. The first-order chi connectivity index (χ1) is 9.15. The summed E-state index contributed by atoms with van der Waals surface area (Å²) in [5, 5.41) is 0. The van der Waals surface area contributed by atoms with Crippen molar-refractivity contribution in [1.29, 1.82) is 0 Å². The molecule has 0 aromatic heterocycles. The second-order valence-corrected chi connectivity index (χ2v) is 5.47. The predicted octanol–water partition coefficient (Wildman–Crippen LogP) is 2.04. The molecule has 1 heterocycles. The maximum atomic E-state index is 12.4. The molecule has 19 heavy (non-hydrogen) atoms. The molecule has 0 unspecified atom stereocenters. The van der Waals surface area contributed by atoms with Gasteiger partial charge in [-0.25, -0.2) is 4.31 Å². The highest BCUT2D eigenvalue weighted by atomic mass is 32.2. The van der Waals surface area contributed by atoms with Gasteiger partial charge in [-0.05, 0) is 30.9 Å². The van der Waals surface area contributed by atoms with Crippen molar-refractivity contribution in [3.8, 4) is 5.75 Å². The molecule has 1 aromatic carbocycles. The second kappa shape index (κ2) is 6.30. The van der Waals surface area contributed by atoms with E-state index in [1.54, 1.807) is 19.1 Å². The summed E-state index contributed by atoms with van der Waals surface area (Å²) in [5.74, 6) is 0.868. The van der Waals surface area contributed by atoms with Crippen molar-refractivity contribution in [3.05, 3.63) is 29.3 Å². The van der Waals surface area contributed by atoms with Crippen LogP contribution in [0.3, 0.4) is 0 Å². The van der Waals surface area contributed by atoms with Crippen molar-refractivity contribution in [1.82, 2.24) is 9.21 Å². The standard InChI is InChI=1S/C14H20N2O2S/c1-11-4-5-12(10-13(11)18-2)14(17)15-6-8-16(19-3)9-7-15/h4-5,10H,6-9H2,1-3H3. The molecule has 5 heteroatoms. The monoisotopic (exact) mass is 280 g/mol. The van der Waals surface area contributed by atoms with E-state index in [-0.39, 0.29) is 5.91 Å². The largest absolute Gasteiger partial charge is 0.496 e. The Bertz CT molecular complexity index is 457. The third-order valence-electron chi connectivity index (χ3n) is 3.44. The smallest absolute Gasteiger partial charge is 0.254 e. The fourth-order valence-corrected chi connectivity index (χ4v) is 2.74. The number of hydrogen-bond acceptors (Lipinski definition) is 4. The van der Waals surface area contributed by atoms with Crippen LogP contribution in [0, 0.1) is 6.92 Å². The Kier molecular flexibility index (Phi) is 4.71. The van der Waals surface area contributed by atoms with E-state index in [4.69, 9.17) is 4.74 Å². The van der Waals surface area contributed by atoms with E-state index < -0.39 is 0 Å². The van der Waals surface area contributed by atoms with Crippen molar-refractivity contribution < 1.29 is 9.53 Å².